The third kappa shape index (κ3) is 3.89. The first-order valence-corrected chi connectivity index (χ1v) is 10.5. The van der Waals surface area contributed by atoms with Gasteiger partial charge in [0.2, 0.25) is 11.7 Å². The van der Waals surface area contributed by atoms with E-state index in [1.807, 2.05) is 6.07 Å². The van der Waals surface area contributed by atoms with Gasteiger partial charge in [0.15, 0.2) is 16.9 Å². The smallest absolute Gasteiger partial charge is 0.339 e. The van der Waals surface area contributed by atoms with Gasteiger partial charge >= 0.3 is 5.97 Å². The number of hydrogen-bond donors (Lipinski definition) is 2. The summed E-state index contributed by atoms with van der Waals surface area (Å²) in [6, 6.07) is 6.02. The number of hydrogen-bond acceptors (Lipinski definition) is 7. The van der Waals surface area contributed by atoms with Crippen LogP contribution in [0.5, 0.6) is 17.2 Å². The number of aryl methyl sites for hydroxylation is 1. The molecule has 0 bridgehead atoms. The van der Waals surface area contributed by atoms with Crippen LogP contribution in [0.3, 0.4) is 0 Å². The lowest BCUT2D eigenvalue weighted by Crippen LogP contribution is -2.47. The molecule has 1 aliphatic heterocycles. The highest BCUT2D eigenvalue weighted by Crippen LogP contribution is 2.51. The van der Waals surface area contributed by atoms with Crippen molar-refractivity contribution in [3.05, 3.63) is 51.2 Å². The van der Waals surface area contributed by atoms with Crippen molar-refractivity contribution in [2.24, 2.45) is 0 Å². The zero-order valence-electron chi connectivity index (χ0n) is 18.6. The van der Waals surface area contributed by atoms with E-state index >= 15 is 0 Å². The summed E-state index contributed by atoms with van der Waals surface area (Å²) in [5, 5.41) is 12.3. The number of carbonyl (C=O) groups is 2. The molecule has 0 radical (unpaired) electrons. The maximum Gasteiger partial charge on any atom is 0.339 e. The van der Waals surface area contributed by atoms with Gasteiger partial charge in [0.25, 0.3) is 0 Å². The summed E-state index contributed by atoms with van der Waals surface area (Å²) in [7, 11) is 4.53. The second-order valence-corrected chi connectivity index (χ2v) is 7.84. The normalized spacial score (nSPS) is 19.4. The standard InChI is InChI=1S/C24H25NO8/c1-30-18-10-12-4-5-14(20-23(27)25-8-9-33-20)16-11-17(26)15(24(28)29)7-6-13(16)19(12)22(32-3)21(18)31-2/h6-7,10-11,14,20H,4-5,8-9H2,1-3H3,(H,25,27)(H,28,29). The van der Waals surface area contributed by atoms with Gasteiger partial charge in [-0.15, -0.1) is 0 Å². The number of methoxy groups -OCH3 is 3. The number of morpholine rings is 1. The minimum Gasteiger partial charge on any atom is -0.493 e. The second-order valence-electron chi connectivity index (χ2n) is 7.84. The Morgan fingerprint density at radius 1 is 1.09 bits per heavy atom. The zero-order chi connectivity index (χ0) is 23.7. The van der Waals surface area contributed by atoms with Crippen molar-refractivity contribution in [1.82, 2.24) is 5.32 Å². The Bertz CT molecular complexity index is 1180. The summed E-state index contributed by atoms with van der Waals surface area (Å²) < 4.78 is 22.6. The van der Waals surface area contributed by atoms with Crippen LogP contribution in [-0.4, -0.2) is 57.6 Å². The van der Waals surface area contributed by atoms with Crippen molar-refractivity contribution < 1.29 is 33.6 Å². The van der Waals surface area contributed by atoms with Crippen LogP contribution in [0, 0.1) is 0 Å². The molecule has 2 aromatic carbocycles. The van der Waals surface area contributed by atoms with E-state index in [4.69, 9.17) is 18.9 Å². The minimum atomic E-state index is -1.33. The Kier molecular flexibility index (Phi) is 6.24. The number of nitrogens with one attached hydrogen (secondary N) is 1. The lowest BCUT2D eigenvalue weighted by atomic mass is 9.87. The van der Waals surface area contributed by atoms with Crippen LogP contribution in [0.1, 0.15) is 33.8 Å². The Labute approximate surface area is 190 Å². The molecule has 0 saturated carbocycles. The molecule has 33 heavy (non-hydrogen) atoms. The summed E-state index contributed by atoms with van der Waals surface area (Å²) in [5.41, 5.74) is 1.62. The molecule has 2 N–H and O–H groups in total. The topological polar surface area (TPSA) is 120 Å². The number of carboxylic acid groups (broad SMARTS) is 1. The maximum absolute atomic E-state index is 12.8. The van der Waals surface area contributed by atoms with Gasteiger partial charge in [0.05, 0.1) is 27.9 Å². The molecule has 174 valence electrons. The predicted octanol–water partition coefficient (Wildman–Crippen LogP) is 1.98. The lowest BCUT2D eigenvalue weighted by Gasteiger charge is -2.30. The van der Waals surface area contributed by atoms with E-state index in [1.54, 1.807) is 6.07 Å². The highest BCUT2D eigenvalue weighted by atomic mass is 16.5. The van der Waals surface area contributed by atoms with Crippen LogP contribution in [0.15, 0.2) is 29.1 Å². The average Bonchev–Trinajstić information content (AvgIpc) is 3.06. The van der Waals surface area contributed by atoms with E-state index in [1.165, 1.54) is 33.5 Å². The number of aromatic carboxylic acids is 1. The lowest BCUT2D eigenvalue weighted by molar-refractivity contribution is -0.139. The monoisotopic (exact) mass is 455 g/mol. The van der Waals surface area contributed by atoms with E-state index in [-0.39, 0.29) is 11.5 Å². The molecular formula is C24H25NO8. The van der Waals surface area contributed by atoms with Crippen LogP contribution < -0.4 is 25.0 Å². The molecule has 4 rings (SSSR count). The summed E-state index contributed by atoms with van der Waals surface area (Å²) >= 11 is 0. The van der Waals surface area contributed by atoms with Crippen molar-refractivity contribution in [2.45, 2.75) is 24.9 Å². The van der Waals surface area contributed by atoms with Crippen LogP contribution in [0.4, 0.5) is 0 Å². The number of ether oxygens (including phenoxy) is 4. The Morgan fingerprint density at radius 3 is 2.48 bits per heavy atom. The molecule has 9 nitrogen and oxygen atoms in total. The Morgan fingerprint density at radius 2 is 1.85 bits per heavy atom. The zero-order valence-corrected chi connectivity index (χ0v) is 18.6. The van der Waals surface area contributed by atoms with Gasteiger partial charge in [-0.2, -0.15) is 0 Å². The first-order valence-electron chi connectivity index (χ1n) is 10.5. The molecule has 2 atom stereocenters. The van der Waals surface area contributed by atoms with Crippen LogP contribution in [0.25, 0.3) is 11.1 Å². The van der Waals surface area contributed by atoms with Gasteiger partial charge in [-0.3, -0.25) is 9.59 Å². The van der Waals surface area contributed by atoms with E-state index in [0.717, 1.165) is 5.56 Å². The van der Waals surface area contributed by atoms with Gasteiger partial charge in [-0.25, -0.2) is 4.79 Å². The number of benzene rings is 1. The van der Waals surface area contributed by atoms with Crippen molar-refractivity contribution in [3.63, 3.8) is 0 Å². The van der Waals surface area contributed by atoms with Crippen LogP contribution in [-0.2, 0) is 16.0 Å². The number of carbonyl (C=O) groups excluding carboxylic acids is 1. The molecule has 1 fully saturated rings. The van der Waals surface area contributed by atoms with Crippen molar-refractivity contribution in [3.8, 4) is 28.4 Å². The average molecular weight is 455 g/mol. The van der Waals surface area contributed by atoms with Gasteiger partial charge in [-0.05, 0) is 47.7 Å². The Balaban J connectivity index is 2.06. The van der Waals surface area contributed by atoms with Gasteiger partial charge in [0, 0.05) is 18.0 Å². The molecule has 1 amide bonds. The molecule has 2 aliphatic rings. The van der Waals surface area contributed by atoms with E-state index < -0.39 is 23.4 Å². The summed E-state index contributed by atoms with van der Waals surface area (Å²) in [4.78, 5) is 37.2. The van der Waals surface area contributed by atoms with Crippen LogP contribution in [0.2, 0.25) is 0 Å². The van der Waals surface area contributed by atoms with Gasteiger partial charge < -0.3 is 29.4 Å². The quantitative estimate of drug-likeness (QED) is 0.702. The van der Waals surface area contributed by atoms with E-state index in [9.17, 15) is 19.5 Å². The molecule has 9 heteroatoms. The van der Waals surface area contributed by atoms with Crippen molar-refractivity contribution in [2.75, 3.05) is 34.5 Å². The molecule has 1 heterocycles. The highest BCUT2D eigenvalue weighted by Gasteiger charge is 2.37. The number of fused-ring (bicyclic) bond motifs is 3. The van der Waals surface area contributed by atoms with Gasteiger partial charge in [-0.1, -0.05) is 6.07 Å². The number of rotatable bonds is 5. The molecule has 1 aliphatic carbocycles. The highest BCUT2D eigenvalue weighted by molar-refractivity contribution is 5.89. The first-order chi connectivity index (χ1) is 15.9. The summed E-state index contributed by atoms with van der Waals surface area (Å²) in [5.74, 6) is -0.803. The SMILES string of the molecule is COc1cc2c(c(OC)c1OC)-c1ccc(C(=O)O)c(=O)cc1C(C1OCCNC1=O)CC2. The van der Waals surface area contributed by atoms with Crippen LogP contribution >= 0.6 is 0 Å². The molecule has 2 unspecified atom stereocenters. The third-order valence-corrected chi connectivity index (χ3v) is 6.14. The minimum absolute atomic E-state index is 0.261. The predicted molar refractivity (Wildman–Crippen MR) is 119 cm³/mol. The molecule has 0 aromatic heterocycles. The van der Waals surface area contributed by atoms with E-state index in [0.29, 0.717) is 59.9 Å². The van der Waals surface area contributed by atoms with Crippen molar-refractivity contribution >= 4 is 11.9 Å². The maximum atomic E-state index is 12.8. The molecule has 2 aromatic rings. The van der Waals surface area contributed by atoms with E-state index in [2.05, 4.69) is 5.32 Å². The molecule has 1 saturated heterocycles. The number of amides is 1. The van der Waals surface area contributed by atoms with Gasteiger partial charge in [0.1, 0.15) is 11.7 Å². The fourth-order valence-corrected chi connectivity index (χ4v) is 4.67. The molecular weight excluding hydrogens is 430 g/mol. The second kappa shape index (κ2) is 9.11. The number of carboxylic acids is 1. The summed E-state index contributed by atoms with van der Waals surface area (Å²) in [6.45, 7) is 0.764. The Hall–Kier alpha value is -3.59. The fraction of sp³-hybridized carbons (Fsp3) is 0.375. The fourth-order valence-electron chi connectivity index (χ4n) is 4.67. The largest absolute Gasteiger partial charge is 0.493 e. The first kappa shape index (κ1) is 22.6. The van der Waals surface area contributed by atoms with Crippen molar-refractivity contribution in [1.29, 1.82) is 0 Å². The summed E-state index contributed by atoms with van der Waals surface area (Å²) in [6.07, 6.45) is 0.224. The third-order valence-electron chi connectivity index (χ3n) is 6.14. The molecule has 0 spiro atoms.